The third-order valence-electron chi connectivity index (χ3n) is 4.94. The van der Waals surface area contributed by atoms with E-state index < -0.39 is 6.04 Å². The molecule has 0 aliphatic heterocycles. The van der Waals surface area contributed by atoms with Crippen molar-refractivity contribution in [3.63, 3.8) is 0 Å². The van der Waals surface area contributed by atoms with E-state index in [0.29, 0.717) is 5.13 Å². The quantitative estimate of drug-likeness (QED) is 0.582. The Kier molecular flexibility index (Phi) is 8.76. The van der Waals surface area contributed by atoms with Crippen LogP contribution in [-0.2, 0) is 9.59 Å². The molecule has 1 heterocycles. The van der Waals surface area contributed by atoms with E-state index in [1.54, 1.807) is 0 Å². The molecule has 2 N–H and O–H groups in total. The van der Waals surface area contributed by atoms with Gasteiger partial charge in [-0.05, 0) is 31.7 Å². The lowest BCUT2D eigenvalue weighted by molar-refractivity contribution is -0.130. The Bertz CT molecular complexity index is 819. The molecule has 1 aromatic heterocycles. The molecule has 2 rings (SSSR count). The number of nitrogens with zero attached hydrogens (tertiary/aromatic N) is 2. The molecular weight excluding hydrogens is 384 g/mol. The van der Waals surface area contributed by atoms with Crippen molar-refractivity contribution >= 4 is 28.3 Å². The van der Waals surface area contributed by atoms with Crippen LogP contribution in [0.1, 0.15) is 58.9 Å². The summed E-state index contributed by atoms with van der Waals surface area (Å²) in [5.74, 6) is -0.400. The summed E-state index contributed by atoms with van der Waals surface area (Å²) in [6.07, 6.45) is 3.69. The lowest BCUT2D eigenvalue weighted by Crippen LogP contribution is -2.49. The molecule has 1 aromatic carbocycles. The summed E-state index contributed by atoms with van der Waals surface area (Å²) >= 11 is 1.33. The van der Waals surface area contributed by atoms with Crippen molar-refractivity contribution < 1.29 is 9.59 Å². The number of aryl methyl sites for hydroxylation is 1. The number of amides is 2. The summed E-state index contributed by atoms with van der Waals surface area (Å²) in [4.78, 5) is 25.5. The lowest BCUT2D eigenvalue weighted by Gasteiger charge is -2.24. The maximum atomic E-state index is 12.8. The van der Waals surface area contributed by atoms with Gasteiger partial charge in [-0.25, -0.2) is 0 Å². The molecule has 2 unspecified atom stereocenters. The molecule has 0 saturated heterocycles. The van der Waals surface area contributed by atoms with E-state index >= 15 is 0 Å². The first-order valence-corrected chi connectivity index (χ1v) is 11.2. The number of anilines is 1. The smallest absolute Gasteiger partial charge is 0.249 e. The highest BCUT2D eigenvalue weighted by Gasteiger charge is 2.27. The zero-order valence-corrected chi connectivity index (χ0v) is 18.8. The number of carbonyl (C=O) groups excluding carboxylic acids is 2. The van der Waals surface area contributed by atoms with Crippen LogP contribution in [0.15, 0.2) is 24.3 Å². The van der Waals surface area contributed by atoms with Gasteiger partial charge in [-0.2, -0.15) is 0 Å². The summed E-state index contributed by atoms with van der Waals surface area (Å²) in [7, 11) is 0. The van der Waals surface area contributed by atoms with Gasteiger partial charge in [0.2, 0.25) is 16.9 Å². The van der Waals surface area contributed by atoms with E-state index in [9.17, 15) is 9.59 Å². The average molecular weight is 417 g/mol. The van der Waals surface area contributed by atoms with Crippen LogP contribution in [0.3, 0.4) is 0 Å². The standard InChI is InChI=1S/C22H32N4O2S/c1-6-8-11-16(7-2)19(27)23-18(14(3)4)20(28)24-22-26-25-21(29-22)17-12-9-10-15(5)13-17/h9-10,12-14,16,18H,6-8,11H2,1-5H3,(H,23,27)(H,24,26,28). The Balaban J connectivity index is 2.05. The summed E-state index contributed by atoms with van der Waals surface area (Å²) in [6.45, 7) is 10.00. The summed E-state index contributed by atoms with van der Waals surface area (Å²) in [5.41, 5.74) is 2.11. The fourth-order valence-electron chi connectivity index (χ4n) is 3.13. The van der Waals surface area contributed by atoms with Gasteiger partial charge in [0, 0.05) is 11.5 Å². The summed E-state index contributed by atoms with van der Waals surface area (Å²) < 4.78 is 0. The zero-order chi connectivity index (χ0) is 21.4. The molecule has 0 aliphatic carbocycles. The predicted molar refractivity (Wildman–Crippen MR) is 119 cm³/mol. The van der Waals surface area contributed by atoms with Crippen molar-refractivity contribution in [1.82, 2.24) is 15.5 Å². The molecule has 158 valence electrons. The third kappa shape index (κ3) is 6.63. The molecule has 0 radical (unpaired) electrons. The predicted octanol–water partition coefficient (Wildman–Crippen LogP) is 4.81. The van der Waals surface area contributed by atoms with E-state index in [0.717, 1.165) is 41.8 Å². The van der Waals surface area contributed by atoms with Crippen molar-refractivity contribution in [3.8, 4) is 10.6 Å². The number of aromatic nitrogens is 2. The second-order valence-corrected chi connectivity index (χ2v) is 8.73. The minimum Gasteiger partial charge on any atom is -0.344 e. The molecule has 0 saturated carbocycles. The molecule has 2 amide bonds. The SMILES string of the molecule is CCCCC(CC)C(=O)NC(C(=O)Nc1nnc(-c2cccc(C)c2)s1)C(C)C. The molecule has 29 heavy (non-hydrogen) atoms. The maximum Gasteiger partial charge on any atom is 0.249 e. The van der Waals surface area contributed by atoms with Gasteiger partial charge in [0.15, 0.2) is 0 Å². The van der Waals surface area contributed by atoms with Crippen molar-refractivity contribution in [2.24, 2.45) is 11.8 Å². The molecule has 0 spiro atoms. The highest BCUT2D eigenvalue weighted by Crippen LogP contribution is 2.27. The van der Waals surface area contributed by atoms with Crippen molar-refractivity contribution in [2.45, 2.75) is 66.3 Å². The Labute approximate surface area is 177 Å². The number of unbranched alkanes of at least 4 members (excludes halogenated alkanes) is 1. The van der Waals surface area contributed by atoms with Gasteiger partial charge in [-0.3, -0.25) is 14.9 Å². The van der Waals surface area contributed by atoms with Gasteiger partial charge in [0.1, 0.15) is 11.0 Å². The highest BCUT2D eigenvalue weighted by molar-refractivity contribution is 7.18. The fourth-order valence-corrected chi connectivity index (χ4v) is 3.87. The van der Waals surface area contributed by atoms with Crippen LogP contribution in [0.4, 0.5) is 5.13 Å². The van der Waals surface area contributed by atoms with Crippen LogP contribution < -0.4 is 10.6 Å². The van der Waals surface area contributed by atoms with E-state index in [2.05, 4.69) is 27.8 Å². The molecule has 2 aromatic rings. The van der Waals surface area contributed by atoms with E-state index in [1.165, 1.54) is 11.3 Å². The Morgan fingerprint density at radius 3 is 2.52 bits per heavy atom. The Morgan fingerprint density at radius 2 is 1.90 bits per heavy atom. The highest BCUT2D eigenvalue weighted by atomic mass is 32.1. The average Bonchev–Trinajstić information content (AvgIpc) is 3.14. The van der Waals surface area contributed by atoms with Gasteiger partial charge in [0.25, 0.3) is 0 Å². The van der Waals surface area contributed by atoms with Gasteiger partial charge < -0.3 is 5.32 Å². The van der Waals surface area contributed by atoms with Gasteiger partial charge in [0.05, 0.1) is 0 Å². The van der Waals surface area contributed by atoms with Crippen LogP contribution in [-0.4, -0.2) is 28.1 Å². The Morgan fingerprint density at radius 1 is 1.14 bits per heavy atom. The monoisotopic (exact) mass is 416 g/mol. The van der Waals surface area contributed by atoms with Crippen LogP contribution in [0, 0.1) is 18.8 Å². The normalized spacial score (nSPS) is 13.2. The molecule has 2 atom stereocenters. The number of hydrogen-bond acceptors (Lipinski definition) is 5. The fraction of sp³-hybridized carbons (Fsp3) is 0.545. The van der Waals surface area contributed by atoms with E-state index in [-0.39, 0.29) is 23.7 Å². The molecular formula is C22H32N4O2S. The van der Waals surface area contributed by atoms with Crippen LogP contribution in [0.5, 0.6) is 0 Å². The number of rotatable bonds is 10. The van der Waals surface area contributed by atoms with Crippen LogP contribution in [0.2, 0.25) is 0 Å². The van der Waals surface area contributed by atoms with Gasteiger partial charge >= 0.3 is 0 Å². The zero-order valence-electron chi connectivity index (χ0n) is 18.0. The largest absolute Gasteiger partial charge is 0.344 e. The lowest BCUT2D eigenvalue weighted by atomic mass is 9.96. The first-order chi connectivity index (χ1) is 13.8. The first-order valence-electron chi connectivity index (χ1n) is 10.4. The molecule has 0 bridgehead atoms. The molecule has 0 aliphatic rings. The molecule has 7 heteroatoms. The Hall–Kier alpha value is -2.28. The van der Waals surface area contributed by atoms with Crippen molar-refractivity contribution in [2.75, 3.05) is 5.32 Å². The molecule has 0 fully saturated rings. The van der Waals surface area contributed by atoms with Gasteiger partial charge in [-0.15, -0.1) is 10.2 Å². The minimum absolute atomic E-state index is 0.0354. The maximum absolute atomic E-state index is 12.8. The number of benzene rings is 1. The topological polar surface area (TPSA) is 84.0 Å². The second kappa shape index (κ2) is 11.0. The minimum atomic E-state index is -0.607. The summed E-state index contributed by atoms with van der Waals surface area (Å²) in [6, 6.07) is 7.39. The third-order valence-corrected chi connectivity index (χ3v) is 5.82. The first kappa shape index (κ1) is 23.0. The number of nitrogens with one attached hydrogen (secondary N) is 2. The van der Waals surface area contributed by atoms with Crippen LogP contribution >= 0.6 is 11.3 Å². The van der Waals surface area contributed by atoms with Gasteiger partial charge in [-0.1, -0.05) is 75.6 Å². The second-order valence-electron chi connectivity index (χ2n) is 7.75. The van der Waals surface area contributed by atoms with E-state index in [4.69, 9.17) is 0 Å². The van der Waals surface area contributed by atoms with E-state index in [1.807, 2.05) is 52.0 Å². The summed E-state index contributed by atoms with van der Waals surface area (Å²) in [5, 5.41) is 15.2. The molecule has 6 nitrogen and oxygen atoms in total. The number of carbonyl (C=O) groups is 2. The number of hydrogen-bond donors (Lipinski definition) is 2. The van der Waals surface area contributed by atoms with Crippen molar-refractivity contribution in [1.29, 1.82) is 0 Å². The van der Waals surface area contributed by atoms with Crippen molar-refractivity contribution in [3.05, 3.63) is 29.8 Å². The van der Waals surface area contributed by atoms with Crippen LogP contribution in [0.25, 0.3) is 10.6 Å².